The first-order chi connectivity index (χ1) is 7.65. The lowest BCUT2D eigenvalue weighted by molar-refractivity contribution is -0.142. The summed E-state index contributed by atoms with van der Waals surface area (Å²) in [6.45, 7) is 8.47. The number of esters is 1. The highest BCUT2D eigenvalue weighted by Crippen LogP contribution is 2.42. The van der Waals surface area contributed by atoms with E-state index in [-0.39, 0.29) is 11.4 Å². The lowest BCUT2D eigenvalue weighted by Gasteiger charge is -2.38. The molecular formula is C14H24O2. The Morgan fingerprint density at radius 1 is 1.44 bits per heavy atom. The van der Waals surface area contributed by atoms with Crippen molar-refractivity contribution in [3.63, 3.8) is 0 Å². The van der Waals surface area contributed by atoms with E-state index in [1.165, 1.54) is 38.2 Å². The van der Waals surface area contributed by atoms with Crippen molar-refractivity contribution in [1.82, 2.24) is 0 Å². The zero-order chi connectivity index (χ0) is 12.0. The molecule has 16 heavy (non-hydrogen) atoms. The standard InChI is InChI=1S/C14H24O2/c1-4-12-7-9-14(6-3,10-8-12)11-16-13(15)5-2/h5,12H,2,4,6-11H2,1,3H3. The van der Waals surface area contributed by atoms with Crippen LogP contribution in [0.15, 0.2) is 12.7 Å². The monoisotopic (exact) mass is 224 g/mol. The van der Waals surface area contributed by atoms with E-state index in [1.54, 1.807) is 0 Å². The van der Waals surface area contributed by atoms with Crippen LogP contribution in [0, 0.1) is 11.3 Å². The van der Waals surface area contributed by atoms with Gasteiger partial charge >= 0.3 is 5.97 Å². The fraction of sp³-hybridized carbons (Fsp3) is 0.786. The summed E-state index contributed by atoms with van der Waals surface area (Å²) in [6.07, 6.45) is 8.62. The van der Waals surface area contributed by atoms with E-state index in [1.807, 2.05) is 0 Å². The molecule has 0 saturated heterocycles. The molecule has 0 aromatic heterocycles. The number of carbonyl (C=O) groups excluding carboxylic acids is 1. The Morgan fingerprint density at radius 2 is 2.06 bits per heavy atom. The number of rotatable bonds is 5. The topological polar surface area (TPSA) is 26.3 Å². The second-order valence-corrected chi connectivity index (χ2v) is 5.02. The van der Waals surface area contributed by atoms with E-state index in [9.17, 15) is 4.79 Å². The van der Waals surface area contributed by atoms with Crippen LogP contribution < -0.4 is 0 Å². The van der Waals surface area contributed by atoms with Crippen LogP contribution >= 0.6 is 0 Å². The van der Waals surface area contributed by atoms with Gasteiger partial charge in [0.1, 0.15) is 0 Å². The van der Waals surface area contributed by atoms with Crippen LogP contribution in [0.3, 0.4) is 0 Å². The normalized spacial score (nSPS) is 29.8. The van der Waals surface area contributed by atoms with Crippen molar-refractivity contribution in [2.75, 3.05) is 6.61 Å². The maximum atomic E-state index is 11.1. The molecule has 1 saturated carbocycles. The summed E-state index contributed by atoms with van der Waals surface area (Å²) in [5, 5.41) is 0. The molecule has 1 aliphatic rings. The van der Waals surface area contributed by atoms with Gasteiger partial charge in [0.25, 0.3) is 0 Å². The second-order valence-electron chi connectivity index (χ2n) is 5.02. The van der Waals surface area contributed by atoms with E-state index >= 15 is 0 Å². The Kier molecular flexibility index (Phi) is 5.04. The van der Waals surface area contributed by atoms with Gasteiger partial charge in [-0.2, -0.15) is 0 Å². The van der Waals surface area contributed by atoms with Gasteiger partial charge in [0.15, 0.2) is 0 Å². The Balaban J connectivity index is 2.46. The maximum Gasteiger partial charge on any atom is 0.330 e. The first kappa shape index (κ1) is 13.3. The number of carbonyl (C=O) groups is 1. The van der Waals surface area contributed by atoms with Crippen LogP contribution in [-0.2, 0) is 9.53 Å². The molecule has 1 fully saturated rings. The minimum Gasteiger partial charge on any atom is -0.462 e. The fourth-order valence-corrected chi connectivity index (χ4v) is 2.58. The molecule has 0 aromatic carbocycles. The number of hydrogen-bond donors (Lipinski definition) is 0. The van der Waals surface area contributed by atoms with Gasteiger partial charge in [-0.25, -0.2) is 4.79 Å². The fourth-order valence-electron chi connectivity index (χ4n) is 2.58. The molecule has 1 rings (SSSR count). The predicted molar refractivity (Wildman–Crippen MR) is 66.1 cm³/mol. The number of hydrogen-bond acceptors (Lipinski definition) is 2. The van der Waals surface area contributed by atoms with Crippen LogP contribution in [0.4, 0.5) is 0 Å². The summed E-state index contributed by atoms with van der Waals surface area (Å²) < 4.78 is 5.24. The Hall–Kier alpha value is -0.790. The zero-order valence-corrected chi connectivity index (χ0v) is 10.6. The highest BCUT2D eigenvalue weighted by molar-refractivity contribution is 5.81. The molecule has 0 aromatic rings. The lowest BCUT2D eigenvalue weighted by Crippen LogP contribution is -2.32. The molecule has 0 N–H and O–H groups in total. The molecule has 0 aliphatic heterocycles. The summed E-state index contributed by atoms with van der Waals surface area (Å²) >= 11 is 0. The average molecular weight is 224 g/mol. The Bertz CT molecular complexity index is 237. The summed E-state index contributed by atoms with van der Waals surface area (Å²) in [5.74, 6) is 0.597. The van der Waals surface area contributed by atoms with Crippen molar-refractivity contribution >= 4 is 5.97 Å². The molecule has 92 valence electrons. The van der Waals surface area contributed by atoms with Gasteiger partial charge in [0, 0.05) is 11.5 Å². The van der Waals surface area contributed by atoms with Crippen molar-refractivity contribution in [3.05, 3.63) is 12.7 Å². The molecule has 0 atom stereocenters. The third-order valence-electron chi connectivity index (χ3n) is 4.18. The summed E-state index contributed by atoms with van der Waals surface area (Å²) in [5.41, 5.74) is 0.240. The Morgan fingerprint density at radius 3 is 2.50 bits per heavy atom. The largest absolute Gasteiger partial charge is 0.462 e. The van der Waals surface area contributed by atoms with E-state index in [4.69, 9.17) is 4.74 Å². The summed E-state index contributed by atoms with van der Waals surface area (Å²) in [6, 6.07) is 0. The van der Waals surface area contributed by atoms with Gasteiger partial charge in [0.05, 0.1) is 6.61 Å². The molecule has 0 bridgehead atoms. The third kappa shape index (κ3) is 3.36. The van der Waals surface area contributed by atoms with Gasteiger partial charge in [0.2, 0.25) is 0 Å². The van der Waals surface area contributed by atoms with E-state index < -0.39 is 0 Å². The summed E-state index contributed by atoms with van der Waals surface area (Å²) in [7, 11) is 0. The smallest absolute Gasteiger partial charge is 0.330 e. The second kappa shape index (κ2) is 6.07. The Labute approximate surface area is 99.1 Å². The predicted octanol–water partition coefficient (Wildman–Crippen LogP) is 3.71. The van der Waals surface area contributed by atoms with Gasteiger partial charge in [-0.15, -0.1) is 0 Å². The van der Waals surface area contributed by atoms with Crippen molar-refractivity contribution in [1.29, 1.82) is 0 Å². The zero-order valence-electron chi connectivity index (χ0n) is 10.6. The highest BCUT2D eigenvalue weighted by Gasteiger charge is 2.34. The summed E-state index contributed by atoms with van der Waals surface area (Å²) in [4.78, 5) is 11.1. The van der Waals surface area contributed by atoms with Gasteiger partial charge in [-0.05, 0) is 38.0 Å². The van der Waals surface area contributed by atoms with E-state index in [2.05, 4.69) is 20.4 Å². The van der Waals surface area contributed by atoms with Crippen LogP contribution in [-0.4, -0.2) is 12.6 Å². The van der Waals surface area contributed by atoms with Gasteiger partial charge in [-0.1, -0.05) is 26.8 Å². The highest BCUT2D eigenvalue weighted by atomic mass is 16.5. The molecule has 0 heterocycles. The molecule has 0 spiro atoms. The SMILES string of the molecule is C=CC(=O)OCC1(CC)CCC(CC)CC1. The van der Waals surface area contributed by atoms with Gasteiger partial charge in [-0.3, -0.25) is 0 Å². The molecule has 1 aliphatic carbocycles. The van der Waals surface area contributed by atoms with Crippen molar-refractivity contribution < 1.29 is 9.53 Å². The average Bonchev–Trinajstić information content (AvgIpc) is 2.36. The van der Waals surface area contributed by atoms with Crippen LogP contribution in [0.5, 0.6) is 0 Å². The van der Waals surface area contributed by atoms with Gasteiger partial charge < -0.3 is 4.74 Å². The first-order valence-electron chi connectivity index (χ1n) is 6.45. The third-order valence-corrected chi connectivity index (χ3v) is 4.18. The molecule has 2 nitrogen and oxygen atoms in total. The molecule has 0 amide bonds. The van der Waals surface area contributed by atoms with Crippen molar-refractivity contribution in [3.8, 4) is 0 Å². The van der Waals surface area contributed by atoms with Crippen molar-refractivity contribution in [2.24, 2.45) is 11.3 Å². The minimum absolute atomic E-state index is 0.240. The molecule has 2 heteroatoms. The van der Waals surface area contributed by atoms with E-state index in [0.29, 0.717) is 6.61 Å². The minimum atomic E-state index is -0.287. The molecule has 0 unspecified atom stereocenters. The number of ether oxygens (including phenoxy) is 1. The molecule has 0 radical (unpaired) electrons. The van der Waals surface area contributed by atoms with Crippen molar-refractivity contribution in [2.45, 2.75) is 52.4 Å². The lowest BCUT2D eigenvalue weighted by atomic mass is 9.69. The quantitative estimate of drug-likeness (QED) is 0.525. The van der Waals surface area contributed by atoms with Crippen LogP contribution in [0.25, 0.3) is 0 Å². The van der Waals surface area contributed by atoms with Crippen LogP contribution in [0.1, 0.15) is 52.4 Å². The van der Waals surface area contributed by atoms with E-state index in [0.717, 1.165) is 12.3 Å². The first-order valence-corrected chi connectivity index (χ1v) is 6.45. The molecular weight excluding hydrogens is 200 g/mol. The maximum absolute atomic E-state index is 11.1. The van der Waals surface area contributed by atoms with Crippen LogP contribution in [0.2, 0.25) is 0 Å².